The van der Waals surface area contributed by atoms with Crippen LogP contribution in [-0.4, -0.2) is 11.7 Å². The zero-order chi connectivity index (χ0) is 15.4. The van der Waals surface area contributed by atoms with E-state index in [9.17, 15) is 4.79 Å². The maximum atomic E-state index is 12.1. The van der Waals surface area contributed by atoms with Crippen LogP contribution in [-0.2, 0) is 4.79 Å². The molecule has 0 aliphatic rings. The number of benzene rings is 2. The number of carbonyl (C=O) groups excluding carboxylic acids is 1. The quantitative estimate of drug-likeness (QED) is 0.570. The van der Waals surface area contributed by atoms with Crippen LogP contribution in [0.25, 0.3) is 0 Å². The van der Waals surface area contributed by atoms with Crippen molar-refractivity contribution in [3.63, 3.8) is 0 Å². The first-order valence-corrected chi connectivity index (χ1v) is 8.78. The summed E-state index contributed by atoms with van der Waals surface area (Å²) in [5, 5.41) is 2.98. The Labute approximate surface area is 143 Å². The second-order valence-electron chi connectivity index (χ2n) is 5.07. The molecular formula is C17H18INOS. The molecule has 2 aromatic carbocycles. The molecule has 0 aromatic heterocycles. The molecule has 0 fully saturated rings. The Hall–Kier alpha value is -1.01. The van der Waals surface area contributed by atoms with E-state index in [1.54, 1.807) is 11.8 Å². The highest BCUT2D eigenvalue weighted by Gasteiger charge is 2.07. The van der Waals surface area contributed by atoms with Gasteiger partial charge in [0.05, 0.1) is 5.75 Å². The van der Waals surface area contributed by atoms with Gasteiger partial charge >= 0.3 is 0 Å². The Morgan fingerprint density at radius 1 is 1.10 bits per heavy atom. The number of rotatable bonds is 4. The summed E-state index contributed by atoms with van der Waals surface area (Å²) in [6.07, 6.45) is 0. The molecule has 21 heavy (non-hydrogen) atoms. The third-order valence-corrected chi connectivity index (χ3v) is 4.99. The Morgan fingerprint density at radius 2 is 1.86 bits per heavy atom. The molecule has 4 heteroatoms. The number of hydrogen-bond acceptors (Lipinski definition) is 2. The number of halogens is 1. The lowest BCUT2D eigenvalue weighted by Gasteiger charge is -2.10. The molecule has 1 amide bonds. The maximum absolute atomic E-state index is 12.1. The van der Waals surface area contributed by atoms with Crippen molar-refractivity contribution >= 4 is 45.9 Å². The van der Waals surface area contributed by atoms with Gasteiger partial charge in [-0.25, -0.2) is 0 Å². The summed E-state index contributed by atoms with van der Waals surface area (Å²) in [6.45, 7) is 6.15. The Bertz CT molecular complexity index is 670. The van der Waals surface area contributed by atoms with Crippen LogP contribution in [0, 0.1) is 24.3 Å². The third-order valence-electron chi connectivity index (χ3n) is 3.16. The van der Waals surface area contributed by atoms with Crippen LogP contribution in [0.2, 0.25) is 0 Å². The molecule has 0 saturated heterocycles. The van der Waals surface area contributed by atoms with Crippen molar-refractivity contribution < 1.29 is 4.79 Å². The van der Waals surface area contributed by atoms with Gasteiger partial charge in [-0.3, -0.25) is 4.79 Å². The minimum absolute atomic E-state index is 0.0326. The lowest BCUT2D eigenvalue weighted by Crippen LogP contribution is -2.15. The molecule has 0 radical (unpaired) electrons. The normalized spacial score (nSPS) is 10.5. The summed E-state index contributed by atoms with van der Waals surface area (Å²) in [7, 11) is 0. The highest BCUT2D eigenvalue weighted by molar-refractivity contribution is 14.1. The van der Waals surface area contributed by atoms with Gasteiger partial charge < -0.3 is 5.32 Å². The fourth-order valence-corrected chi connectivity index (χ4v) is 3.53. The largest absolute Gasteiger partial charge is 0.325 e. The molecule has 0 spiro atoms. The lowest BCUT2D eigenvalue weighted by molar-refractivity contribution is -0.113. The molecule has 0 saturated carbocycles. The van der Waals surface area contributed by atoms with Crippen molar-refractivity contribution in [1.82, 2.24) is 0 Å². The van der Waals surface area contributed by atoms with Crippen molar-refractivity contribution in [2.45, 2.75) is 25.7 Å². The smallest absolute Gasteiger partial charge is 0.234 e. The van der Waals surface area contributed by atoms with E-state index in [4.69, 9.17) is 0 Å². The SMILES string of the molecule is Cc1ccc(C)c(SCC(=O)Nc2ccc(I)cc2C)c1. The summed E-state index contributed by atoms with van der Waals surface area (Å²) in [4.78, 5) is 13.3. The number of thioether (sulfide) groups is 1. The Kier molecular flexibility index (Phi) is 5.70. The summed E-state index contributed by atoms with van der Waals surface area (Å²) < 4.78 is 1.17. The lowest BCUT2D eigenvalue weighted by atomic mass is 10.2. The van der Waals surface area contributed by atoms with Crippen LogP contribution >= 0.6 is 34.4 Å². The minimum Gasteiger partial charge on any atom is -0.325 e. The first-order chi connectivity index (χ1) is 9.95. The monoisotopic (exact) mass is 411 g/mol. The van der Waals surface area contributed by atoms with Crippen molar-refractivity contribution in [1.29, 1.82) is 0 Å². The third kappa shape index (κ3) is 4.74. The average Bonchev–Trinajstić information content (AvgIpc) is 2.43. The van der Waals surface area contributed by atoms with Gasteiger partial charge in [-0.05, 0) is 78.8 Å². The molecule has 2 rings (SSSR count). The minimum atomic E-state index is 0.0326. The van der Waals surface area contributed by atoms with E-state index >= 15 is 0 Å². The van der Waals surface area contributed by atoms with E-state index < -0.39 is 0 Å². The molecule has 1 N–H and O–H groups in total. The van der Waals surface area contributed by atoms with Crippen LogP contribution in [0.3, 0.4) is 0 Å². The van der Waals surface area contributed by atoms with Crippen molar-refractivity contribution in [2.24, 2.45) is 0 Å². The molecule has 0 unspecified atom stereocenters. The first-order valence-electron chi connectivity index (χ1n) is 6.72. The molecule has 0 bridgehead atoms. The highest BCUT2D eigenvalue weighted by atomic mass is 127. The number of aryl methyl sites for hydroxylation is 3. The molecule has 0 aliphatic heterocycles. The summed E-state index contributed by atoms with van der Waals surface area (Å²) >= 11 is 3.85. The fraction of sp³-hybridized carbons (Fsp3) is 0.235. The van der Waals surface area contributed by atoms with Crippen molar-refractivity contribution in [3.8, 4) is 0 Å². The number of carbonyl (C=O) groups is 1. The molecular weight excluding hydrogens is 393 g/mol. The van der Waals surface area contributed by atoms with Gasteiger partial charge in [0.2, 0.25) is 5.91 Å². The van der Waals surface area contributed by atoms with E-state index in [2.05, 4.69) is 66.0 Å². The zero-order valence-electron chi connectivity index (χ0n) is 12.4. The zero-order valence-corrected chi connectivity index (χ0v) is 15.3. The van der Waals surface area contributed by atoms with Gasteiger partial charge in [-0.2, -0.15) is 0 Å². The Morgan fingerprint density at radius 3 is 2.57 bits per heavy atom. The Balaban J connectivity index is 1.97. The molecule has 0 heterocycles. The fourth-order valence-electron chi connectivity index (χ4n) is 1.96. The second-order valence-corrected chi connectivity index (χ2v) is 7.33. The van der Waals surface area contributed by atoms with Gasteiger partial charge in [-0.15, -0.1) is 11.8 Å². The predicted molar refractivity (Wildman–Crippen MR) is 99.2 cm³/mol. The molecule has 0 aliphatic carbocycles. The van der Waals surface area contributed by atoms with Crippen LogP contribution in [0.1, 0.15) is 16.7 Å². The standard InChI is InChI=1S/C17H18INOS/c1-11-4-5-12(2)16(8-11)21-10-17(20)19-15-7-6-14(18)9-13(15)3/h4-9H,10H2,1-3H3,(H,19,20). The van der Waals surface area contributed by atoms with Gasteiger partial charge in [0.15, 0.2) is 0 Å². The number of hydrogen-bond donors (Lipinski definition) is 1. The summed E-state index contributed by atoms with van der Waals surface area (Å²) in [6, 6.07) is 12.3. The number of nitrogens with one attached hydrogen (secondary N) is 1. The number of anilines is 1. The molecule has 2 nitrogen and oxygen atoms in total. The molecule has 2 aromatic rings. The summed E-state index contributed by atoms with van der Waals surface area (Å²) in [5.41, 5.74) is 4.41. The second kappa shape index (κ2) is 7.31. The van der Waals surface area contributed by atoms with E-state index in [0.717, 1.165) is 11.3 Å². The van der Waals surface area contributed by atoms with E-state index in [0.29, 0.717) is 5.75 Å². The summed E-state index contributed by atoms with van der Waals surface area (Å²) in [5.74, 6) is 0.459. The van der Waals surface area contributed by atoms with Crippen molar-refractivity contribution in [2.75, 3.05) is 11.1 Å². The molecule has 0 atom stereocenters. The van der Waals surface area contributed by atoms with Gasteiger partial charge in [0.25, 0.3) is 0 Å². The van der Waals surface area contributed by atoms with Crippen molar-refractivity contribution in [3.05, 3.63) is 56.7 Å². The topological polar surface area (TPSA) is 29.1 Å². The van der Waals surface area contributed by atoms with Crippen LogP contribution in [0.15, 0.2) is 41.3 Å². The number of amides is 1. The molecule has 110 valence electrons. The predicted octanol–water partition coefficient (Wildman–Crippen LogP) is 4.95. The first kappa shape index (κ1) is 16.4. The average molecular weight is 411 g/mol. The highest BCUT2D eigenvalue weighted by Crippen LogP contribution is 2.24. The van der Waals surface area contributed by atoms with Crippen LogP contribution < -0.4 is 5.32 Å². The van der Waals surface area contributed by atoms with E-state index in [1.807, 2.05) is 19.1 Å². The van der Waals surface area contributed by atoms with Crippen LogP contribution in [0.5, 0.6) is 0 Å². The van der Waals surface area contributed by atoms with E-state index in [1.165, 1.54) is 19.6 Å². The van der Waals surface area contributed by atoms with Crippen LogP contribution in [0.4, 0.5) is 5.69 Å². The maximum Gasteiger partial charge on any atom is 0.234 e. The van der Waals surface area contributed by atoms with Gasteiger partial charge in [0.1, 0.15) is 0 Å². The van der Waals surface area contributed by atoms with Gasteiger partial charge in [0, 0.05) is 14.2 Å². The van der Waals surface area contributed by atoms with Gasteiger partial charge in [-0.1, -0.05) is 17.7 Å². The van der Waals surface area contributed by atoms with E-state index in [-0.39, 0.29) is 5.91 Å².